The van der Waals surface area contributed by atoms with Crippen LogP contribution in [0.3, 0.4) is 0 Å². The minimum Gasteiger partial charge on any atom is -0.461 e. The van der Waals surface area contributed by atoms with Gasteiger partial charge in [0.1, 0.15) is 0 Å². The Morgan fingerprint density at radius 1 is 1.26 bits per heavy atom. The fraction of sp³-hybridized carbons (Fsp3) is 0.500. The SMILES string of the molecule is CCOC(=O)C1=NN[C@@H](S(=O)(=O)C(C)(C)C)[C@@H]1c1ccccc1. The van der Waals surface area contributed by atoms with Crippen molar-refractivity contribution in [3.63, 3.8) is 0 Å². The Labute approximate surface area is 136 Å². The molecule has 7 heteroatoms. The first-order valence-corrected chi connectivity index (χ1v) is 9.03. The summed E-state index contributed by atoms with van der Waals surface area (Å²) in [5.41, 5.74) is 3.44. The Balaban J connectivity index is 2.49. The molecule has 0 aliphatic carbocycles. The Kier molecular flexibility index (Phi) is 4.79. The van der Waals surface area contributed by atoms with Crippen molar-refractivity contribution < 1.29 is 17.9 Å². The number of rotatable bonds is 4. The van der Waals surface area contributed by atoms with Gasteiger partial charge in [-0.2, -0.15) is 5.10 Å². The number of nitrogens with zero attached hydrogens (tertiary/aromatic N) is 1. The molecule has 0 amide bonds. The van der Waals surface area contributed by atoms with Crippen molar-refractivity contribution in [1.29, 1.82) is 0 Å². The molecular formula is C16H22N2O4S. The van der Waals surface area contributed by atoms with Gasteiger partial charge in [0.2, 0.25) is 0 Å². The van der Waals surface area contributed by atoms with E-state index in [-0.39, 0.29) is 12.3 Å². The number of nitrogens with one attached hydrogen (secondary N) is 1. The van der Waals surface area contributed by atoms with Gasteiger partial charge in [-0.05, 0) is 33.3 Å². The van der Waals surface area contributed by atoms with Crippen LogP contribution in [-0.4, -0.2) is 36.8 Å². The first-order chi connectivity index (χ1) is 10.7. The molecular weight excluding hydrogens is 316 g/mol. The number of carbonyl (C=O) groups is 1. The first kappa shape index (κ1) is 17.5. The highest BCUT2D eigenvalue weighted by Crippen LogP contribution is 2.34. The van der Waals surface area contributed by atoms with Gasteiger partial charge in [-0.1, -0.05) is 30.3 Å². The summed E-state index contributed by atoms with van der Waals surface area (Å²) in [6.45, 7) is 6.80. The minimum atomic E-state index is -3.59. The second-order valence-corrected chi connectivity index (χ2v) is 9.14. The van der Waals surface area contributed by atoms with Crippen molar-refractivity contribution in [3.05, 3.63) is 35.9 Å². The second-order valence-electron chi connectivity index (χ2n) is 6.31. The Hall–Kier alpha value is -1.89. The lowest BCUT2D eigenvalue weighted by Gasteiger charge is -2.28. The van der Waals surface area contributed by atoms with Gasteiger partial charge in [0, 0.05) is 0 Å². The molecule has 1 aromatic rings. The third-order valence-electron chi connectivity index (χ3n) is 3.74. The molecule has 0 aromatic heterocycles. The quantitative estimate of drug-likeness (QED) is 0.847. The van der Waals surface area contributed by atoms with E-state index in [0.717, 1.165) is 0 Å². The number of sulfone groups is 1. The Bertz CT molecular complexity index is 705. The van der Waals surface area contributed by atoms with E-state index < -0.39 is 31.8 Å². The molecule has 1 N–H and O–H groups in total. The van der Waals surface area contributed by atoms with Crippen LogP contribution in [0.15, 0.2) is 35.4 Å². The van der Waals surface area contributed by atoms with E-state index in [9.17, 15) is 13.2 Å². The van der Waals surface area contributed by atoms with E-state index in [4.69, 9.17) is 4.74 Å². The molecule has 23 heavy (non-hydrogen) atoms. The monoisotopic (exact) mass is 338 g/mol. The number of benzene rings is 1. The summed E-state index contributed by atoms with van der Waals surface area (Å²) >= 11 is 0. The standard InChI is InChI=1S/C16H22N2O4S/c1-5-22-15(19)13-12(11-9-7-6-8-10-11)14(18-17-13)23(20,21)16(2,3)4/h6-10,12,14,18H,5H2,1-4H3/t12-,14+/m1/s1. The number of esters is 1. The predicted molar refractivity (Wildman–Crippen MR) is 88.8 cm³/mol. The van der Waals surface area contributed by atoms with Gasteiger partial charge < -0.3 is 4.74 Å². The van der Waals surface area contributed by atoms with Gasteiger partial charge in [-0.3, -0.25) is 5.43 Å². The summed E-state index contributed by atoms with van der Waals surface area (Å²) < 4.78 is 29.8. The van der Waals surface area contributed by atoms with Crippen LogP contribution in [-0.2, 0) is 19.4 Å². The summed E-state index contributed by atoms with van der Waals surface area (Å²) in [6.07, 6.45) is 0. The second kappa shape index (κ2) is 6.31. The zero-order valence-corrected chi connectivity index (χ0v) is 14.6. The maximum atomic E-state index is 12.9. The maximum absolute atomic E-state index is 12.9. The first-order valence-electron chi connectivity index (χ1n) is 7.48. The van der Waals surface area contributed by atoms with Crippen molar-refractivity contribution in [2.75, 3.05) is 6.61 Å². The highest BCUT2D eigenvalue weighted by atomic mass is 32.2. The molecule has 0 bridgehead atoms. The summed E-state index contributed by atoms with van der Waals surface area (Å²) in [5, 5.41) is 2.99. The summed E-state index contributed by atoms with van der Waals surface area (Å²) in [7, 11) is -3.59. The molecule has 1 heterocycles. The molecule has 126 valence electrons. The normalized spacial score (nSPS) is 21.5. The lowest BCUT2D eigenvalue weighted by Crippen LogP contribution is -2.46. The molecule has 1 aliphatic heterocycles. The van der Waals surface area contributed by atoms with E-state index in [0.29, 0.717) is 5.56 Å². The van der Waals surface area contributed by atoms with Gasteiger partial charge in [0.05, 0.1) is 17.3 Å². The molecule has 0 saturated carbocycles. The zero-order chi connectivity index (χ0) is 17.3. The molecule has 2 rings (SSSR count). The van der Waals surface area contributed by atoms with Crippen molar-refractivity contribution >= 4 is 21.5 Å². The average molecular weight is 338 g/mol. The average Bonchev–Trinajstić information content (AvgIpc) is 2.92. The van der Waals surface area contributed by atoms with Crippen LogP contribution >= 0.6 is 0 Å². The van der Waals surface area contributed by atoms with Crippen LogP contribution in [0, 0.1) is 0 Å². The van der Waals surface area contributed by atoms with Crippen LogP contribution in [0.4, 0.5) is 0 Å². The largest absolute Gasteiger partial charge is 0.461 e. The molecule has 6 nitrogen and oxygen atoms in total. The van der Waals surface area contributed by atoms with Crippen LogP contribution in [0.2, 0.25) is 0 Å². The zero-order valence-electron chi connectivity index (χ0n) is 13.7. The number of ether oxygens (including phenoxy) is 1. The fourth-order valence-corrected chi connectivity index (χ4v) is 4.02. The van der Waals surface area contributed by atoms with Gasteiger partial charge in [0.15, 0.2) is 20.9 Å². The Morgan fingerprint density at radius 3 is 2.39 bits per heavy atom. The number of hydrazone groups is 1. The topological polar surface area (TPSA) is 84.8 Å². The molecule has 0 saturated heterocycles. The van der Waals surface area contributed by atoms with Crippen LogP contribution in [0.5, 0.6) is 0 Å². The van der Waals surface area contributed by atoms with E-state index >= 15 is 0 Å². The lowest BCUT2D eigenvalue weighted by atomic mass is 9.94. The smallest absolute Gasteiger partial charge is 0.355 e. The summed E-state index contributed by atoms with van der Waals surface area (Å²) in [4.78, 5) is 12.2. The highest BCUT2D eigenvalue weighted by Gasteiger charge is 2.48. The maximum Gasteiger partial charge on any atom is 0.355 e. The third-order valence-corrected chi connectivity index (χ3v) is 6.49. The molecule has 0 fully saturated rings. The van der Waals surface area contributed by atoms with E-state index in [1.165, 1.54) is 0 Å². The van der Waals surface area contributed by atoms with Gasteiger partial charge in [-0.25, -0.2) is 13.2 Å². The van der Waals surface area contributed by atoms with E-state index in [2.05, 4.69) is 10.5 Å². The molecule has 1 aromatic carbocycles. The minimum absolute atomic E-state index is 0.0934. The highest BCUT2D eigenvalue weighted by molar-refractivity contribution is 7.93. The lowest BCUT2D eigenvalue weighted by molar-refractivity contribution is -0.135. The third kappa shape index (κ3) is 3.24. The summed E-state index contributed by atoms with van der Waals surface area (Å²) in [5.74, 6) is -1.29. The van der Waals surface area contributed by atoms with Crippen molar-refractivity contribution in [3.8, 4) is 0 Å². The van der Waals surface area contributed by atoms with Crippen LogP contribution in [0.1, 0.15) is 39.2 Å². The number of carbonyl (C=O) groups excluding carboxylic acids is 1. The van der Waals surface area contributed by atoms with Gasteiger partial charge >= 0.3 is 5.97 Å². The van der Waals surface area contributed by atoms with Crippen molar-refractivity contribution in [1.82, 2.24) is 5.43 Å². The van der Waals surface area contributed by atoms with Crippen molar-refractivity contribution in [2.45, 2.75) is 43.7 Å². The molecule has 0 radical (unpaired) electrons. The van der Waals surface area contributed by atoms with E-state index in [1.54, 1.807) is 52.0 Å². The summed E-state index contributed by atoms with van der Waals surface area (Å²) in [6, 6.07) is 9.02. The van der Waals surface area contributed by atoms with Crippen LogP contribution < -0.4 is 5.43 Å². The fourth-order valence-electron chi connectivity index (χ4n) is 2.42. The predicted octanol–water partition coefficient (Wildman–Crippen LogP) is 1.83. The van der Waals surface area contributed by atoms with Gasteiger partial charge in [0.25, 0.3) is 0 Å². The number of hydrogen-bond donors (Lipinski definition) is 1. The van der Waals surface area contributed by atoms with E-state index in [1.807, 2.05) is 6.07 Å². The molecule has 0 spiro atoms. The number of hydrogen-bond acceptors (Lipinski definition) is 6. The Morgan fingerprint density at radius 2 is 1.87 bits per heavy atom. The van der Waals surface area contributed by atoms with Gasteiger partial charge in [-0.15, -0.1) is 0 Å². The van der Waals surface area contributed by atoms with Crippen molar-refractivity contribution in [2.24, 2.45) is 5.10 Å². The molecule has 1 aliphatic rings. The van der Waals surface area contributed by atoms with Crippen LogP contribution in [0.25, 0.3) is 0 Å². The molecule has 2 atom stereocenters. The molecule has 0 unspecified atom stereocenters.